The van der Waals surface area contributed by atoms with E-state index in [1.54, 1.807) is 12.1 Å². The number of carbonyl (C=O) groups excluding carboxylic acids is 1. The SMILES string of the molecule is CC(C)(C)OC(=O)CCCc1ccc(C#N)cc1. The number of hydrogen-bond donors (Lipinski definition) is 0. The van der Waals surface area contributed by atoms with Crippen molar-refractivity contribution in [3.05, 3.63) is 35.4 Å². The van der Waals surface area contributed by atoms with Crippen molar-refractivity contribution in [3.63, 3.8) is 0 Å². The van der Waals surface area contributed by atoms with Gasteiger partial charge < -0.3 is 4.74 Å². The van der Waals surface area contributed by atoms with Crippen molar-refractivity contribution in [3.8, 4) is 6.07 Å². The minimum absolute atomic E-state index is 0.156. The number of hydrogen-bond acceptors (Lipinski definition) is 3. The third-order valence-electron chi connectivity index (χ3n) is 2.35. The van der Waals surface area contributed by atoms with Gasteiger partial charge in [-0.2, -0.15) is 5.26 Å². The van der Waals surface area contributed by atoms with Crippen molar-refractivity contribution >= 4 is 5.97 Å². The molecular formula is C15H19NO2. The summed E-state index contributed by atoms with van der Waals surface area (Å²) in [6.45, 7) is 5.60. The minimum atomic E-state index is -0.411. The Hall–Kier alpha value is -1.82. The smallest absolute Gasteiger partial charge is 0.306 e. The molecule has 0 spiro atoms. The molecule has 1 aromatic rings. The van der Waals surface area contributed by atoms with Gasteiger partial charge in [0.25, 0.3) is 0 Å². The first-order chi connectivity index (χ1) is 8.40. The normalized spacial score (nSPS) is 10.8. The molecule has 0 aliphatic carbocycles. The molecule has 0 heterocycles. The molecule has 96 valence electrons. The van der Waals surface area contributed by atoms with Crippen LogP contribution in [0.2, 0.25) is 0 Å². The highest BCUT2D eigenvalue weighted by atomic mass is 16.6. The maximum absolute atomic E-state index is 11.5. The highest BCUT2D eigenvalue weighted by molar-refractivity contribution is 5.69. The molecule has 1 aromatic carbocycles. The maximum atomic E-state index is 11.5. The van der Waals surface area contributed by atoms with Crippen molar-refractivity contribution in [1.29, 1.82) is 5.26 Å². The molecule has 3 heteroatoms. The van der Waals surface area contributed by atoms with Crippen LogP contribution in [0.5, 0.6) is 0 Å². The molecule has 0 N–H and O–H groups in total. The zero-order valence-electron chi connectivity index (χ0n) is 11.2. The topological polar surface area (TPSA) is 50.1 Å². The lowest BCUT2D eigenvalue weighted by Gasteiger charge is -2.19. The van der Waals surface area contributed by atoms with E-state index in [4.69, 9.17) is 10.00 Å². The Morgan fingerprint density at radius 2 is 1.89 bits per heavy atom. The maximum Gasteiger partial charge on any atom is 0.306 e. The molecule has 0 bridgehead atoms. The van der Waals surface area contributed by atoms with Crippen LogP contribution in [0, 0.1) is 11.3 Å². The number of nitriles is 1. The van der Waals surface area contributed by atoms with E-state index in [9.17, 15) is 4.79 Å². The molecule has 1 rings (SSSR count). The number of nitrogens with zero attached hydrogens (tertiary/aromatic N) is 1. The molecule has 0 amide bonds. The van der Waals surface area contributed by atoms with Crippen LogP contribution in [0.25, 0.3) is 0 Å². The van der Waals surface area contributed by atoms with E-state index in [1.165, 1.54) is 0 Å². The highest BCUT2D eigenvalue weighted by Gasteiger charge is 2.15. The number of benzene rings is 1. The number of carbonyl (C=O) groups is 1. The number of rotatable bonds is 4. The first kappa shape index (κ1) is 14.2. The van der Waals surface area contributed by atoms with Crippen LogP contribution >= 0.6 is 0 Å². The second kappa shape index (κ2) is 6.20. The summed E-state index contributed by atoms with van der Waals surface area (Å²) in [4.78, 5) is 11.5. The van der Waals surface area contributed by atoms with Crippen molar-refractivity contribution in [2.45, 2.75) is 45.6 Å². The van der Waals surface area contributed by atoms with Crippen molar-refractivity contribution < 1.29 is 9.53 Å². The standard InChI is InChI=1S/C15H19NO2/c1-15(2,3)18-14(17)6-4-5-12-7-9-13(11-16)10-8-12/h7-10H,4-6H2,1-3H3. The fraction of sp³-hybridized carbons (Fsp3) is 0.467. The first-order valence-corrected chi connectivity index (χ1v) is 6.11. The van der Waals surface area contributed by atoms with Crippen LogP contribution in [0.3, 0.4) is 0 Å². The fourth-order valence-electron chi connectivity index (χ4n) is 1.58. The Balaban J connectivity index is 2.33. The van der Waals surface area contributed by atoms with Crippen LogP contribution in [0.15, 0.2) is 24.3 Å². The molecular weight excluding hydrogens is 226 g/mol. The Morgan fingerprint density at radius 3 is 2.39 bits per heavy atom. The number of aryl methyl sites for hydroxylation is 1. The summed E-state index contributed by atoms with van der Waals surface area (Å²) in [6.07, 6.45) is 2.02. The Kier molecular flexibility index (Phi) is 4.91. The largest absolute Gasteiger partial charge is 0.460 e. The Labute approximate surface area is 108 Å². The van der Waals surface area contributed by atoms with Gasteiger partial charge in [0.1, 0.15) is 5.60 Å². The quantitative estimate of drug-likeness (QED) is 0.765. The molecule has 0 unspecified atom stereocenters. The van der Waals surface area contributed by atoms with Gasteiger partial charge in [-0.25, -0.2) is 0 Å². The Morgan fingerprint density at radius 1 is 1.28 bits per heavy atom. The van der Waals surface area contributed by atoms with Gasteiger partial charge in [-0.3, -0.25) is 4.79 Å². The second-order valence-corrected chi connectivity index (χ2v) is 5.25. The van der Waals surface area contributed by atoms with E-state index in [0.29, 0.717) is 12.0 Å². The van der Waals surface area contributed by atoms with Gasteiger partial charge in [0.15, 0.2) is 0 Å². The van der Waals surface area contributed by atoms with Gasteiger partial charge >= 0.3 is 5.97 Å². The summed E-state index contributed by atoms with van der Waals surface area (Å²) in [6, 6.07) is 9.52. The van der Waals surface area contributed by atoms with Crippen molar-refractivity contribution in [2.75, 3.05) is 0 Å². The van der Waals surface area contributed by atoms with E-state index in [2.05, 4.69) is 6.07 Å². The molecule has 0 aromatic heterocycles. The summed E-state index contributed by atoms with van der Waals surface area (Å²) in [5.74, 6) is -0.156. The average Bonchev–Trinajstić information content (AvgIpc) is 2.27. The van der Waals surface area contributed by atoms with E-state index in [-0.39, 0.29) is 5.97 Å². The van der Waals surface area contributed by atoms with Gasteiger partial charge in [-0.15, -0.1) is 0 Å². The van der Waals surface area contributed by atoms with Crippen LogP contribution in [0.1, 0.15) is 44.7 Å². The highest BCUT2D eigenvalue weighted by Crippen LogP contribution is 2.11. The Bertz CT molecular complexity index is 435. The second-order valence-electron chi connectivity index (χ2n) is 5.25. The van der Waals surface area contributed by atoms with E-state index in [1.807, 2.05) is 32.9 Å². The fourth-order valence-corrected chi connectivity index (χ4v) is 1.58. The average molecular weight is 245 g/mol. The zero-order valence-corrected chi connectivity index (χ0v) is 11.2. The third-order valence-corrected chi connectivity index (χ3v) is 2.35. The summed E-state index contributed by atoms with van der Waals surface area (Å²) >= 11 is 0. The number of ether oxygens (including phenoxy) is 1. The van der Waals surface area contributed by atoms with Gasteiger partial charge in [0.2, 0.25) is 0 Å². The molecule has 0 aliphatic rings. The van der Waals surface area contributed by atoms with Crippen LogP contribution in [0.4, 0.5) is 0 Å². The minimum Gasteiger partial charge on any atom is -0.460 e. The summed E-state index contributed by atoms with van der Waals surface area (Å²) in [5, 5.41) is 8.67. The molecule has 0 fully saturated rings. The lowest BCUT2D eigenvalue weighted by molar-refractivity contribution is -0.154. The molecule has 0 radical (unpaired) electrons. The van der Waals surface area contributed by atoms with Crippen LogP contribution < -0.4 is 0 Å². The predicted molar refractivity (Wildman–Crippen MR) is 69.9 cm³/mol. The summed E-state index contributed by atoms with van der Waals surface area (Å²) in [7, 11) is 0. The number of esters is 1. The third kappa shape index (κ3) is 5.49. The van der Waals surface area contributed by atoms with Gasteiger partial charge in [0, 0.05) is 6.42 Å². The molecule has 0 atom stereocenters. The molecule has 0 aliphatic heterocycles. The van der Waals surface area contributed by atoms with Crippen LogP contribution in [-0.2, 0) is 16.0 Å². The predicted octanol–water partition coefficient (Wildman–Crippen LogP) is 3.22. The van der Waals surface area contributed by atoms with Crippen molar-refractivity contribution in [1.82, 2.24) is 0 Å². The summed E-state index contributed by atoms with van der Waals surface area (Å²) < 4.78 is 5.23. The van der Waals surface area contributed by atoms with E-state index in [0.717, 1.165) is 18.4 Å². The van der Waals surface area contributed by atoms with Gasteiger partial charge in [-0.05, 0) is 51.3 Å². The van der Waals surface area contributed by atoms with Crippen molar-refractivity contribution in [2.24, 2.45) is 0 Å². The summed E-state index contributed by atoms with van der Waals surface area (Å²) in [5.41, 5.74) is 1.38. The molecule has 0 saturated heterocycles. The first-order valence-electron chi connectivity index (χ1n) is 6.11. The lowest BCUT2D eigenvalue weighted by Crippen LogP contribution is -2.23. The van der Waals surface area contributed by atoms with E-state index < -0.39 is 5.60 Å². The molecule has 3 nitrogen and oxygen atoms in total. The van der Waals surface area contributed by atoms with Gasteiger partial charge in [-0.1, -0.05) is 12.1 Å². The zero-order chi connectivity index (χ0) is 13.6. The molecule has 18 heavy (non-hydrogen) atoms. The lowest BCUT2D eigenvalue weighted by atomic mass is 10.1. The van der Waals surface area contributed by atoms with Gasteiger partial charge in [0.05, 0.1) is 11.6 Å². The molecule has 0 saturated carbocycles. The van der Waals surface area contributed by atoms with E-state index >= 15 is 0 Å². The van der Waals surface area contributed by atoms with Crippen LogP contribution in [-0.4, -0.2) is 11.6 Å². The monoisotopic (exact) mass is 245 g/mol.